The molecule has 2 heterocycles. The smallest absolute Gasteiger partial charge is 0.454 e. The largest absolute Gasteiger partial charge is 0.511 e. The second-order valence-electron chi connectivity index (χ2n) is 5.70. The quantitative estimate of drug-likeness (QED) is 0.420. The molecule has 0 radical (unpaired) electrons. The first-order chi connectivity index (χ1) is 11.9. The molecule has 25 heavy (non-hydrogen) atoms. The number of pyridine rings is 1. The van der Waals surface area contributed by atoms with Gasteiger partial charge in [-0.1, -0.05) is 19.9 Å². The summed E-state index contributed by atoms with van der Waals surface area (Å²) in [7, 11) is 1.33. The lowest BCUT2D eigenvalue weighted by atomic mass is 10.0. The number of fused-ring (bicyclic) bond motifs is 2. The van der Waals surface area contributed by atoms with Gasteiger partial charge in [0.25, 0.3) is 0 Å². The maximum Gasteiger partial charge on any atom is 0.511 e. The fourth-order valence-electron chi connectivity index (χ4n) is 2.48. The summed E-state index contributed by atoms with van der Waals surface area (Å²) in [5.74, 6) is 0.0803. The maximum atomic E-state index is 12.8. The van der Waals surface area contributed by atoms with E-state index in [1.807, 2.05) is 19.9 Å². The molecule has 0 saturated carbocycles. The molecule has 0 atom stereocenters. The van der Waals surface area contributed by atoms with Crippen LogP contribution in [-0.2, 0) is 4.84 Å². The second-order valence-corrected chi connectivity index (χ2v) is 5.70. The number of aromatic nitrogens is 1. The van der Waals surface area contributed by atoms with Crippen LogP contribution in [0.4, 0.5) is 10.6 Å². The van der Waals surface area contributed by atoms with E-state index in [0.29, 0.717) is 11.0 Å². The Morgan fingerprint density at radius 2 is 2.04 bits per heavy atom. The van der Waals surface area contributed by atoms with Gasteiger partial charge in [-0.15, -0.1) is 0 Å². The summed E-state index contributed by atoms with van der Waals surface area (Å²) in [5.41, 5.74) is 3.63. The van der Waals surface area contributed by atoms with Crippen molar-refractivity contribution in [1.29, 1.82) is 0 Å². The Labute approximate surface area is 141 Å². The van der Waals surface area contributed by atoms with E-state index in [0.717, 1.165) is 5.56 Å². The third-order valence-electron chi connectivity index (χ3n) is 3.70. The topological polar surface area (TPSA) is 111 Å². The van der Waals surface area contributed by atoms with E-state index in [4.69, 9.17) is 14.4 Å². The van der Waals surface area contributed by atoms with Crippen molar-refractivity contribution in [1.82, 2.24) is 4.98 Å². The van der Waals surface area contributed by atoms with Crippen molar-refractivity contribution in [3.8, 4) is 5.75 Å². The Balaban J connectivity index is 2.31. The van der Waals surface area contributed by atoms with Gasteiger partial charge >= 0.3 is 6.16 Å². The monoisotopic (exact) mass is 344 g/mol. The highest BCUT2D eigenvalue weighted by atomic mass is 16.7. The Hall–Kier alpha value is -3.13. The van der Waals surface area contributed by atoms with Crippen LogP contribution in [0.15, 0.2) is 33.5 Å². The molecular formula is C17H16N2O6. The third-order valence-corrected chi connectivity index (χ3v) is 3.70. The summed E-state index contributed by atoms with van der Waals surface area (Å²) < 4.78 is 10.4. The first-order valence-corrected chi connectivity index (χ1v) is 7.52. The summed E-state index contributed by atoms with van der Waals surface area (Å²) in [4.78, 5) is 32.5. The van der Waals surface area contributed by atoms with Crippen molar-refractivity contribution in [3.63, 3.8) is 0 Å². The first-order valence-electron chi connectivity index (χ1n) is 7.52. The molecule has 3 aromatic rings. The van der Waals surface area contributed by atoms with Crippen molar-refractivity contribution < 1.29 is 23.9 Å². The van der Waals surface area contributed by atoms with Gasteiger partial charge in [0.2, 0.25) is 5.43 Å². The standard InChI is InChI=1S/C17H16N2O6/c1-8(2)9-4-5-11-10(6-9)15(20)14-12(24-11)7-13(25-17(21)22)16(18-14)19-23-3/h4-8H,1-3H3,(H,18,19)(H,21,22). The van der Waals surface area contributed by atoms with E-state index in [1.165, 1.54) is 13.2 Å². The van der Waals surface area contributed by atoms with Gasteiger partial charge in [-0.05, 0) is 23.6 Å². The zero-order chi connectivity index (χ0) is 18.1. The molecule has 8 nitrogen and oxygen atoms in total. The summed E-state index contributed by atoms with van der Waals surface area (Å²) in [6.07, 6.45) is -1.52. The molecule has 0 fully saturated rings. The van der Waals surface area contributed by atoms with Gasteiger partial charge in [0.1, 0.15) is 5.58 Å². The minimum absolute atomic E-state index is 0.0379. The number of ether oxygens (including phenoxy) is 1. The number of hydrogen-bond acceptors (Lipinski definition) is 7. The van der Waals surface area contributed by atoms with Gasteiger partial charge in [0.05, 0.1) is 12.5 Å². The van der Waals surface area contributed by atoms with Gasteiger partial charge in [-0.25, -0.2) is 15.3 Å². The van der Waals surface area contributed by atoms with E-state index >= 15 is 0 Å². The molecule has 3 rings (SSSR count). The molecule has 0 unspecified atom stereocenters. The number of carbonyl (C=O) groups is 1. The van der Waals surface area contributed by atoms with E-state index in [2.05, 4.69) is 15.2 Å². The summed E-state index contributed by atoms with van der Waals surface area (Å²) in [5, 5.41) is 9.23. The number of anilines is 1. The summed E-state index contributed by atoms with van der Waals surface area (Å²) >= 11 is 0. The van der Waals surface area contributed by atoms with Gasteiger partial charge in [0.15, 0.2) is 22.7 Å². The molecular weight excluding hydrogens is 328 g/mol. The zero-order valence-electron chi connectivity index (χ0n) is 13.8. The van der Waals surface area contributed by atoms with E-state index in [1.54, 1.807) is 12.1 Å². The Kier molecular flexibility index (Phi) is 4.28. The van der Waals surface area contributed by atoms with Crippen LogP contribution in [0.25, 0.3) is 22.1 Å². The molecule has 0 bridgehead atoms. The molecule has 0 aliphatic rings. The molecule has 0 aliphatic heterocycles. The maximum absolute atomic E-state index is 12.8. The lowest BCUT2D eigenvalue weighted by Crippen LogP contribution is -2.11. The van der Waals surface area contributed by atoms with Gasteiger partial charge in [0, 0.05) is 6.07 Å². The fourth-order valence-corrected chi connectivity index (χ4v) is 2.48. The predicted molar refractivity (Wildman–Crippen MR) is 91.2 cm³/mol. The number of rotatable bonds is 4. The minimum atomic E-state index is -1.52. The molecule has 2 aromatic heterocycles. The molecule has 0 aliphatic carbocycles. The molecule has 0 spiro atoms. The Bertz CT molecular complexity index is 1020. The minimum Gasteiger partial charge on any atom is -0.454 e. The summed E-state index contributed by atoms with van der Waals surface area (Å²) in [6, 6.07) is 6.66. The molecule has 2 N–H and O–H groups in total. The first kappa shape index (κ1) is 16.7. The van der Waals surface area contributed by atoms with Crippen LogP contribution in [0, 0.1) is 0 Å². The predicted octanol–water partition coefficient (Wildman–Crippen LogP) is 3.49. The molecule has 130 valence electrons. The average molecular weight is 344 g/mol. The number of nitrogens with one attached hydrogen (secondary N) is 1. The molecule has 0 amide bonds. The molecule has 8 heteroatoms. The lowest BCUT2D eigenvalue weighted by molar-refractivity contribution is 0.144. The number of nitrogens with zero attached hydrogens (tertiary/aromatic N) is 1. The Morgan fingerprint density at radius 3 is 2.68 bits per heavy atom. The number of carboxylic acid groups (broad SMARTS) is 1. The van der Waals surface area contributed by atoms with Crippen LogP contribution in [0.3, 0.4) is 0 Å². The van der Waals surface area contributed by atoms with Gasteiger partial charge in [-0.2, -0.15) is 0 Å². The van der Waals surface area contributed by atoms with Crippen molar-refractivity contribution >= 4 is 34.0 Å². The van der Waals surface area contributed by atoms with Crippen LogP contribution in [0.1, 0.15) is 25.3 Å². The lowest BCUT2D eigenvalue weighted by Gasteiger charge is -2.10. The van der Waals surface area contributed by atoms with E-state index in [-0.39, 0.29) is 34.0 Å². The Morgan fingerprint density at radius 1 is 1.28 bits per heavy atom. The van der Waals surface area contributed by atoms with Crippen LogP contribution in [0.2, 0.25) is 0 Å². The zero-order valence-corrected chi connectivity index (χ0v) is 13.8. The van der Waals surface area contributed by atoms with Crippen molar-refractivity contribution in [3.05, 3.63) is 40.1 Å². The molecule has 1 aromatic carbocycles. The van der Waals surface area contributed by atoms with Crippen molar-refractivity contribution in [2.24, 2.45) is 0 Å². The van der Waals surface area contributed by atoms with Crippen LogP contribution < -0.4 is 15.6 Å². The highest BCUT2D eigenvalue weighted by Crippen LogP contribution is 2.29. The van der Waals surface area contributed by atoms with Crippen molar-refractivity contribution in [2.75, 3.05) is 12.6 Å². The van der Waals surface area contributed by atoms with Gasteiger partial charge in [-0.3, -0.25) is 9.63 Å². The van der Waals surface area contributed by atoms with E-state index < -0.39 is 6.16 Å². The number of benzene rings is 1. The normalized spacial score (nSPS) is 11.2. The third kappa shape index (κ3) is 3.11. The average Bonchev–Trinajstić information content (AvgIpc) is 2.55. The highest BCUT2D eigenvalue weighted by molar-refractivity contribution is 5.90. The van der Waals surface area contributed by atoms with Crippen LogP contribution in [-0.4, -0.2) is 23.4 Å². The SMILES string of the molecule is CONc1nc2c(=O)c3cc(C(C)C)ccc3oc2cc1OC(=O)O. The number of hydrogen-bond donors (Lipinski definition) is 2. The van der Waals surface area contributed by atoms with Crippen molar-refractivity contribution in [2.45, 2.75) is 19.8 Å². The van der Waals surface area contributed by atoms with Crippen LogP contribution >= 0.6 is 0 Å². The van der Waals surface area contributed by atoms with Crippen LogP contribution in [0.5, 0.6) is 5.75 Å². The summed E-state index contributed by atoms with van der Waals surface area (Å²) in [6.45, 7) is 4.05. The second kappa shape index (κ2) is 6.40. The fraction of sp³-hybridized carbons (Fsp3) is 0.235. The highest BCUT2D eigenvalue weighted by Gasteiger charge is 2.17. The van der Waals surface area contributed by atoms with E-state index in [9.17, 15) is 9.59 Å². The van der Waals surface area contributed by atoms with Gasteiger partial charge < -0.3 is 14.3 Å². The molecule has 0 saturated heterocycles.